The smallest absolute Gasteiger partial charge is 0.131 e. The highest BCUT2D eigenvalue weighted by Crippen LogP contribution is 2.30. The van der Waals surface area contributed by atoms with Gasteiger partial charge in [-0.3, -0.25) is 0 Å². The lowest BCUT2D eigenvalue weighted by Crippen LogP contribution is -1.90. The summed E-state index contributed by atoms with van der Waals surface area (Å²) >= 11 is 6.91. The molecule has 0 N–H and O–H groups in total. The van der Waals surface area contributed by atoms with E-state index < -0.39 is 0 Å². The van der Waals surface area contributed by atoms with E-state index in [1.165, 1.54) is 0 Å². The summed E-state index contributed by atoms with van der Waals surface area (Å²) in [6.45, 7) is 0. The Morgan fingerprint density at radius 3 is 2.28 bits per heavy atom. The van der Waals surface area contributed by atoms with Gasteiger partial charge in [0.2, 0.25) is 0 Å². The van der Waals surface area contributed by atoms with Crippen molar-refractivity contribution in [3.63, 3.8) is 0 Å². The van der Waals surface area contributed by atoms with Crippen LogP contribution in [0.4, 0.5) is 0 Å². The number of ether oxygens (including phenoxy) is 2. The van der Waals surface area contributed by atoms with E-state index in [1.807, 2.05) is 42.5 Å². The molecule has 0 aliphatic heterocycles. The van der Waals surface area contributed by atoms with Crippen molar-refractivity contribution < 1.29 is 9.47 Å². The zero-order chi connectivity index (χ0) is 13.0. The van der Waals surface area contributed by atoms with Gasteiger partial charge >= 0.3 is 0 Å². The Bertz CT molecular complexity index is 524. The van der Waals surface area contributed by atoms with Crippen molar-refractivity contribution in [1.82, 2.24) is 0 Å². The lowest BCUT2D eigenvalue weighted by atomic mass is 10.2. The second-order valence-electron chi connectivity index (χ2n) is 3.66. The Hall–Kier alpha value is -1.000. The highest BCUT2D eigenvalue weighted by molar-refractivity contribution is 9.10. The van der Waals surface area contributed by atoms with Gasteiger partial charge in [0.15, 0.2) is 0 Å². The predicted molar refractivity (Wildman–Crippen MR) is 79.8 cm³/mol. The van der Waals surface area contributed by atoms with Crippen molar-refractivity contribution in [2.24, 2.45) is 0 Å². The molecule has 2 aromatic carbocycles. The minimum atomic E-state index is 0.748. The van der Waals surface area contributed by atoms with Gasteiger partial charge in [-0.05, 0) is 42.5 Å². The van der Waals surface area contributed by atoms with Gasteiger partial charge < -0.3 is 9.47 Å². The molecule has 2 rings (SSSR count). The maximum atomic E-state index is 5.85. The molecule has 0 unspecified atom stereocenters. The van der Waals surface area contributed by atoms with Crippen LogP contribution in [0.2, 0.25) is 0 Å². The number of alkyl halides is 1. The summed E-state index contributed by atoms with van der Waals surface area (Å²) in [7, 11) is 1.65. The molecule has 0 fully saturated rings. The third-order valence-electron chi connectivity index (χ3n) is 2.45. The first-order valence-corrected chi connectivity index (χ1v) is 7.30. The standard InChI is InChI=1S/C14H12Br2O2/c1-17-12-3-5-13(6-4-12)18-14-7-2-11(16)8-10(14)9-15/h2-8H,9H2,1H3. The average Bonchev–Trinajstić information content (AvgIpc) is 2.41. The van der Waals surface area contributed by atoms with E-state index in [0.29, 0.717) is 0 Å². The second-order valence-corrected chi connectivity index (χ2v) is 5.14. The summed E-state index contributed by atoms with van der Waals surface area (Å²) in [6.07, 6.45) is 0. The van der Waals surface area contributed by atoms with E-state index >= 15 is 0 Å². The van der Waals surface area contributed by atoms with Crippen LogP contribution in [0, 0.1) is 0 Å². The molecule has 4 heteroatoms. The quantitative estimate of drug-likeness (QED) is 0.692. The van der Waals surface area contributed by atoms with Crippen LogP contribution in [-0.4, -0.2) is 7.11 Å². The molecule has 0 aliphatic rings. The van der Waals surface area contributed by atoms with E-state index in [-0.39, 0.29) is 0 Å². The highest BCUT2D eigenvalue weighted by atomic mass is 79.9. The SMILES string of the molecule is COc1ccc(Oc2ccc(Br)cc2CBr)cc1. The largest absolute Gasteiger partial charge is 0.497 e. The van der Waals surface area contributed by atoms with Crippen LogP contribution < -0.4 is 9.47 Å². The first-order valence-electron chi connectivity index (χ1n) is 5.39. The van der Waals surface area contributed by atoms with Crippen molar-refractivity contribution in [3.05, 3.63) is 52.5 Å². The van der Waals surface area contributed by atoms with E-state index in [9.17, 15) is 0 Å². The molecule has 0 bridgehead atoms. The van der Waals surface area contributed by atoms with Gasteiger partial charge in [-0.1, -0.05) is 31.9 Å². The number of methoxy groups -OCH3 is 1. The molecule has 0 spiro atoms. The number of rotatable bonds is 4. The molecule has 0 atom stereocenters. The predicted octanol–water partition coefficient (Wildman–Crippen LogP) is 5.14. The molecular weight excluding hydrogens is 360 g/mol. The second kappa shape index (κ2) is 6.25. The number of halogens is 2. The minimum Gasteiger partial charge on any atom is -0.497 e. The van der Waals surface area contributed by atoms with Crippen molar-refractivity contribution in [3.8, 4) is 17.2 Å². The van der Waals surface area contributed by atoms with Crippen molar-refractivity contribution in [2.45, 2.75) is 5.33 Å². The molecule has 0 saturated heterocycles. The molecule has 0 amide bonds. The average molecular weight is 372 g/mol. The molecule has 94 valence electrons. The van der Waals surface area contributed by atoms with E-state index in [2.05, 4.69) is 31.9 Å². The first kappa shape index (κ1) is 13.4. The Balaban J connectivity index is 2.22. The van der Waals surface area contributed by atoms with Gasteiger partial charge in [-0.15, -0.1) is 0 Å². The highest BCUT2D eigenvalue weighted by Gasteiger charge is 2.05. The molecule has 0 saturated carbocycles. The van der Waals surface area contributed by atoms with E-state index in [0.717, 1.165) is 32.6 Å². The van der Waals surface area contributed by atoms with Gasteiger partial charge in [0.05, 0.1) is 7.11 Å². The van der Waals surface area contributed by atoms with E-state index in [1.54, 1.807) is 7.11 Å². The topological polar surface area (TPSA) is 18.5 Å². The Kier molecular flexibility index (Phi) is 4.66. The van der Waals surface area contributed by atoms with Crippen molar-refractivity contribution >= 4 is 31.9 Å². The van der Waals surface area contributed by atoms with Gasteiger partial charge in [-0.2, -0.15) is 0 Å². The third-order valence-corrected chi connectivity index (χ3v) is 3.55. The molecule has 2 nitrogen and oxygen atoms in total. The zero-order valence-electron chi connectivity index (χ0n) is 9.82. The molecule has 0 heterocycles. The summed E-state index contributed by atoms with van der Waals surface area (Å²) in [4.78, 5) is 0. The number of hydrogen-bond donors (Lipinski definition) is 0. The Morgan fingerprint density at radius 2 is 1.67 bits per heavy atom. The molecular formula is C14H12Br2O2. The van der Waals surface area contributed by atoms with E-state index in [4.69, 9.17) is 9.47 Å². The van der Waals surface area contributed by atoms with Crippen molar-refractivity contribution in [1.29, 1.82) is 0 Å². The van der Waals surface area contributed by atoms with Crippen molar-refractivity contribution in [2.75, 3.05) is 7.11 Å². The van der Waals surface area contributed by atoms with Gasteiger partial charge in [0, 0.05) is 15.4 Å². The first-order chi connectivity index (χ1) is 8.72. The summed E-state index contributed by atoms with van der Waals surface area (Å²) in [5.41, 5.74) is 1.10. The fourth-order valence-electron chi connectivity index (χ4n) is 1.52. The summed E-state index contributed by atoms with van der Waals surface area (Å²) in [6, 6.07) is 13.5. The summed E-state index contributed by atoms with van der Waals surface area (Å²) < 4.78 is 12.0. The third kappa shape index (κ3) is 3.27. The lowest BCUT2D eigenvalue weighted by Gasteiger charge is -2.10. The molecule has 18 heavy (non-hydrogen) atoms. The maximum absolute atomic E-state index is 5.85. The number of hydrogen-bond acceptors (Lipinski definition) is 2. The lowest BCUT2D eigenvalue weighted by molar-refractivity contribution is 0.412. The Labute approximate surface area is 123 Å². The summed E-state index contributed by atoms with van der Waals surface area (Å²) in [5.74, 6) is 2.46. The fourth-order valence-corrected chi connectivity index (χ4v) is 2.37. The van der Waals surface area contributed by atoms with Gasteiger partial charge in [0.1, 0.15) is 17.2 Å². The monoisotopic (exact) mass is 370 g/mol. The molecule has 0 aromatic heterocycles. The fraction of sp³-hybridized carbons (Fsp3) is 0.143. The molecule has 0 aliphatic carbocycles. The summed E-state index contributed by atoms with van der Waals surface area (Å²) in [5, 5.41) is 0.748. The van der Waals surface area contributed by atoms with Crippen LogP contribution in [0.15, 0.2) is 46.9 Å². The van der Waals surface area contributed by atoms with Crippen LogP contribution >= 0.6 is 31.9 Å². The minimum absolute atomic E-state index is 0.748. The van der Waals surface area contributed by atoms with Gasteiger partial charge in [0.25, 0.3) is 0 Å². The zero-order valence-corrected chi connectivity index (χ0v) is 13.0. The maximum Gasteiger partial charge on any atom is 0.131 e. The van der Waals surface area contributed by atoms with Crippen LogP contribution in [0.25, 0.3) is 0 Å². The van der Waals surface area contributed by atoms with Gasteiger partial charge in [-0.25, -0.2) is 0 Å². The van der Waals surface area contributed by atoms with Crippen LogP contribution in [-0.2, 0) is 5.33 Å². The van der Waals surface area contributed by atoms with Crippen LogP contribution in [0.3, 0.4) is 0 Å². The Morgan fingerprint density at radius 1 is 1.00 bits per heavy atom. The van der Waals surface area contributed by atoms with Crippen LogP contribution in [0.1, 0.15) is 5.56 Å². The normalized spacial score (nSPS) is 10.2. The molecule has 2 aromatic rings. The van der Waals surface area contributed by atoms with Crippen LogP contribution in [0.5, 0.6) is 17.2 Å². The molecule has 0 radical (unpaired) electrons. The number of benzene rings is 2.